The molecule has 17 nitrogen and oxygen atoms in total. The van der Waals surface area contributed by atoms with Gasteiger partial charge in [0.1, 0.15) is 19.3 Å². The maximum atomic E-state index is 13.1. The lowest BCUT2D eigenvalue weighted by Gasteiger charge is -2.21. The van der Waals surface area contributed by atoms with Crippen LogP contribution < -0.4 is 0 Å². The number of ether oxygens (including phenoxy) is 4. The third-order valence-electron chi connectivity index (χ3n) is 18.5. The molecule has 3 N–H and O–H groups in total. The van der Waals surface area contributed by atoms with Crippen LogP contribution >= 0.6 is 15.6 Å². The van der Waals surface area contributed by atoms with Gasteiger partial charge in [-0.15, -0.1) is 0 Å². The number of esters is 4. The Morgan fingerprint density at radius 3 is 0.694 bits per heavy atom. The third kappa shape index (κ3) is 72.4. The second kappa shape index (κ2) is 70.7. The molecular formula is C79H154O17P2. The maximum absolute atomic E-state index is 13.1. The van der Waals surface area contributed by atoms with E-state index in [4.69, 9.17) is 37.0 Å². The van der Waals surface area contributed by atoms with E-state index in [-0.39, 0.29) is 25.7 Å². The molecule has 5 atom stereocenters. The fourth-order valence-electron chi connectivity index (χ4n) is 12.2. The number of hydrogen-bond acceptors (Lipinski definition) is 15. The minimum absolute atomic E-state index is 0.106. The standard InChI is InChI=1S/C79H154O17P2/c1-7-9-11-13-15-17-19-20-21-22-23-24-28-31-35-38-42-49-55-61-76(81)89-67-74(95-79(84)64-58-52-44-40-36-32-29-26-25-27-30-34-37-41-47-53-59-71(3)4)69-93-97(85,86)91-65-73(80)66-92-98(87,88)94-70-75(68-90-77(82)62-56-50-46-45-48-54-60-72(5)6)96-78(83)63-57-51-43-39-33-18-16-14-12-10-8-2/h71-75,80H,7-70H2,1-6H3,(H,85,86)(H,87,88)/t73-,74-,75-/m1/s1. The molecule has 0 aromatic rings. The van der Waals surface area contributed by atoms with Gasteiger partial charge < -0.3 is 33.8 Å². The topological polar surface area (TPSA) is 237 Å². The van der Waals surface area contributed by atoms with E-state index in [0.717, 1.165) is 102 Å². The highest BCUT2D eigenvalue weighted by Gasteiger charge is 2.30. The molecule has 0 aliphatic carbocycles. The van der Waals surface area contributed by atoms with E-state index in [1.54, 1.807) is 0 Å². The van der Waals surface area contributed by atoms with Gasteiger partial charge in [0.15, 0.2) is 12.2 Å². The number of aliphatic hydroxyl groups excluding tert-OH is 1. The number of aliphatic hydroxyl groups is 1. The molecule has 0 rings (SSSR count). The smallest absolute Gasteiger partial charge is 0.462 e. The lowest BCUT2D eigenvalue weighted by Crippen LogP contribution is -2.30. The number of phosphoric acid groups is 2. The maximum Gasteiger partial charge on any atom is 0.472 e. The summed E-state index contributed by atoms with van der Waals surface area (Å²) in [5, 5.41) is 10.6. The molecular weight excluding hydrogens is 1280 g/mol. The Balaban J connectivity index is 5.20. The van der Waals surface area contributed by atoms with Gasteiger partial charge in [-0.1, -0.05) is 363 Å². The van der Waals surface area contributed by atoms with Crippen LogP contribution in [-0.2, 0) is 65.4 Å². The second-order valence-corrected chi connectivity index (χ2v) is 32.3. The van der Waals surface area contributed by atoms with Crippen molar-refractivity contribution in [1.82, 2.24) is 0 Å². The summed E-state index contributed by atoms with van der Waals surface area (Å²) in [7, 11) is -9.91. The number of unbranched alkanes of at least 4 members (excludes halogenated alkanes) is 48. The van der Waals surface area contributed by atoms with Crippen molar-refractivity contribution in [3.05, 3.63) is 0 Å². The summed E-state index contributed by atoms with van der Waals surface area (Å²) in [6, 6.07) is 0. The fourth-order valence-corrected chi connectivity index (χ4v) is 13.8. The summed E-state index contributed by atoms with van der Waals surface area (Å²) in [5.74, 6) is -0.625. The molecule has 582 valence electrons. The van der Waals surface area contributed by atoms with Crippen molar-refractivity contribution >= 4 is 39.5 Å². The fraction of sp³-hybridized carbons (Fsp3) is 0.949. The summed E-state index contributed by atoms with van der Waals surface area (Å²) in [6.45, 7) is 9.56. The number of carbonyl (C=O) groups excluding carboxylic acids is 4. The number of phosphoric ester groups is 2. The SMILES string of the molecule is CCCCCCCCCCCCCCCCCCCCCC(=O)OC[C@H](COP(=O)(O)OC[C@@H](O)COP(=O)(O)OC[C@@H](COC(=O)CCCCCCCCC(C)C)OC(=O)CCCCCCCCCCCCC)OC(=O)CCCCCCCCCCCCCCCCCCC(C)C. The van der Waals surface area contributed by atoms with Crippen molar-refractivity contribution in [3.8, 4) is 0 Å². The van der Waals surface area contributed by atoms with Crippen molar-refractivity contribution in [2.75, 3.05) is 39.6 Å². The zero-order valence-corrected chi connectivity index (χ0v) is 65.9. The van der Waals surface area contributed by atoms with Gasteiger partial charge in [-0.05, 0) is 37.5 Å². The van der Waals surface area contributed by atoms with Crippen LogP contribution in [0.25, 0.3) is 0 Å². The first-order valence-corrected chi connectivity index (χ1v) is 44.0. The van der Waals surface area contributed by atoms with E-state index >= 15 is 0 Å². The van der Waals surface area contributed by atoms with E-state index in [1.165, 1.54) is 225 Å². The first kappa shape index (κ1) is 96.1. The Kier molecular flexibility index (Phi) is 69.3. The molecule has 0 heterocycles. The van der Waals surface area contributed by atoms with Gasteiger partial charge in [-0.3, -0.25) is 37.3 Å². The molecule has 0 aromatic heterocycles. The van der Waals surface area contributed by atoms with Crippen LogP contribution in [0.2, 0.25) is 0 Å². The molecule has 0 aliphatic rings. The molecule has 0 bridgehead atoms. The monoisotopic (exact) mass is 1440 g/mol. The summed E-state index contributed by atoms with van der Waals surface area (Å²) in [4.78, 5) is 72.8. The summed E-state index contributed by atoms with van der Waals surface area (Å²) in [6.07, 6.45) is 59.9. The third-order valence-corrected chi connectivity index (χ3v) is 20.4. The van der Waals surface area contributed by atoms with Crippen LogP contribution in [-0.4, -0.2) is 96.7 Å². The lowest BCUT2D eigenvalue weighted by atomic mass is 10.0. The molecule has 0 radical (unpaired) electrons. The van der Waals surface area contributed by atoms with Crippen molar-refractivity contribution in [3.63, 3.8) is 0 Å². The minimum atomic E-state index is -4.96. The van der Waals surface area contributed by atoms with Crippen molar-refractivity contribution in [2.24, 2.45) is 11.8 Å². The molecule has 0 amide bonds. The van der Waals surface area contributed by atoms with Crippen LogP contribution in [0, 0.1) is 11.8 Å². The zero-order chi connectivity index (χ0) is 72.1. The van der Waals surface area contributed by atoms with Gasteiger partial charge in [0.25, 0.3) is 0 Å². The summed E-state index contributed by atoms with van der Waals surface area (Å²) < 4.78 is 68.6. The summed E-state index contributed by atoms with van der Waals surface area (Å²) in [5.41, 5.74) is 0. The average molecular weight is 1440 g/mol. The molecule has 2 unspecified atom stereocenters. The highest BCUT2D eigenvalue weighted by atomic mass is 31.2. The van der Waals surface area contributed by atoms with Gasteiger partial charge in [-0.25, -0.2) is 9.13 Å². The zero-order valence-electron chi connectivity index (χ0n) is 64.1. The Morgan fingerprint density at radius 2 is 0.469 bits per heavy atom. The molecule has 0 aliphatic heterocycles. The highest BCUT2D eigenvalue weighted by Crippen LogP contribution is 2.45. The molecule has 19 heteroatoms. The predicted molar refractivity (Wildman–Crippen MR) is 400 cm³/mol. The van der Waals surface area contributed by atoms with E-state index in [1.807, 2.05) is 0 Å². The number of hydrogen-bond donors (Lipinski definition) is 3. The Hall–Kier alpha value is -1.94. The van der Waals surface area contributed by atoms with E-state index in [0.29, 0.717) is 31.6 Å². The highest BCUT2D eigenvalue weighted by molar-refractivity contribution is 7.47. The van der Waals surface area contributed by atoms with E-state index in [2.05, 4.69) is 41.5 Å². The molecule has 0 fully saturated rings. The Morgan fingerprint density at radius 1 is 0.276 bits per heavy atom. The van der Waals surface area contributed by atoms with Crippen molar-refractivity contribution < 1.29 is 80.2 Å². The van der Waals surface area contributed by atoms with Gasteiger partial charge in [0.2, 0.25) is 0 Å². The number of rotatable bonds is 78. The molecule has 98 heavy (non-hydrogen) atoms. The lowest BCUT2D eigenvalue weighted by molar-refractivity contribution is -0.161. The second-order valence-electron chi connectivity index (χ2n) is 29.4. The van der Waals surface area contributed by atoms with Crippen LogP contribution in [0.3, 0.4) is 0 Å². The minimum Gasteiger partial charge on any atom is -0.462 e. The van der Waals surface area contributed by atoms with Crippen molar-refractivity contribution in [1.29, 1.82) is 0 Å². The first-order valence-electron chi connectivity index (χ1n) is 41.0. The normalized spacial score (nSPS) is 13.9. The van der Waals surface area contributed by atoms with Gasteiger partial charge in [-0.2, -0.15) is 0 Å². The van der Waals surface area contributed by atoms with E-state index in [9.17, 15) is 43.2 Å². The molecule has 0 aromatic carbocycles. The number of carbonyl (C=O) groups is 4. The van der Waals surface area contributed by atoms with E-state index < -0.39 is 97.5 Å². The van der Waals surface area contributed by atoms with Crippen LogP contribution in [0.15, 0.2) is 0 Å². The predicted octanol–water partition coefficient (Wildman–Crippen LogP) is 23.5. The van der Waals surface area contributed by atoms with Crippen LogP contribution in [0.1, 0.15) is 414 Å². The largest absolute Gasteiger partial charge is 0.472 e. The van der Waals surface area contributed by atoms with Gasteiger partial charge in [0, 0.05) is 25.7 Å². The molecule has 0 spiro atoms. The van der Waals surface area contributed by atoms with Gasteiger partial charge in [0.05, 0.1) is 26.4 Å². The molecule has 0 saturated heterocycles. The van der Waals surface area contributed by atoms with Crippen LogP contribution in [0.5, 0.6) is 0 Å². The first-order chi connectivity index (χ1) is 47.4. The Bertz CT molecular complexity index is 1890. The Labute approximate surface area is 600 Å². The molecule has 0 saturated carbocycles. The quantitative estimate of drug-likeness (QED) is 0.0222. The van der Waals surface area contributed by atoms with Crippen LogP contribution in [0.4, 0.5) is 0 Å². The summed E-state index contributed by atoms with van der Waals surface area (Å²) >= 11 is 0. The van der Waals surface area contributed by atoms with Gasteiger partial charge >= 0.3 is 39.5 Å². The average Bonchev–Trinajstić information content (AvgIpc) is 0.939. The van der Waals surface area contributed by atoms with Crippen molar-refractivity contribution in [2.45, 2.75) is 432 Å².